The molecule has 0 atom stereocenters. The summed E-state index contributed by atoms with van der Waals surface area (Å²) in [6, 6.07) is 2.79. The molecule has 0 saturated carbocycles. The number of hydrogen-bond acceptors (Lipinski definition) is 3. The molecule has 0 aliphatic rings. The summed E-state index contributed by atoms with van der Waals surface area (Å²) in [6.07, 6.45) is 3.54. The molecule has 2 nitrogen and oxygen atoms in total. The van der Waals surface area contributed by atoms with Gasteiger partial charge in [0.25, 0.3) is 0 Å². The van der Waals surface area contributed by atoms with E-state index in [0.717, 1.165) is 5.56 Å². The van der Waals surface area contributed by atoms with E-state index in [9.17, 15) is 9.18 Å². The van der Waals surface area contributed by atoms with E-state index in [1.54, 1.807) is 19.1 Å². The van der Waals surface area contributed by atoms with Gasteiger partial charge in [0, 0.05) is 23.9 Å². The number of hydrogen-bond donors (Lipinski definition) is 1. The number of nitrogens with two attached hydrogens (primary N) is 1. The van der Waals surface area contributed by atoms with Crippen molar-refractivity contribution in [1.82, 2.24) is 0 Å². The predicted molar refractivity (Wildman–Crippen MR) is 67.7 cm³/mol. The summed E-state index contributed by atoms with van der Waals surface area (Å²) in [7, 11) is 0. The standard InChI is InChI=1S/C12H14FNOS/c1-8-6-11(13)7-10(12(8)14)4-3-5-16-9(2)15/h3-4,6-7H,5,14H2,1-2H3. The normalized spacial score (nSPS) is 10.9. The molecule has 1 rings (SSSR count). The molecule has 0 unspecified atom stereocenters. The molecule has 86 valence electrons. The number of thioether (sulfide) groups is 1. The minimum atomic E-state index is -0.300. The maximum absolute atomic E-state index is 13.1. The quantitative estimate of drug-likeness (QED) is 0.824. The third-order valence-electron chi connectivity index (χ3n) is 2.06. The summed E-state index contributed by atoms with van der Waals surface area (Å²) >= 11 is 1.20. The van der Waals surface area contributed by atoms with Crippen LogP contribution in [0.25, 0.3) is 6.08 Å². The van der Waals surface area contributed by atoms with Crippen molar-refractivity contribution < 1.29 is 9.18 Å². The van der Waals surface area contributed by atoms with Crippen LogP contribution in [0.15, 0.2) is 18.2 Å². The minimum Gasteiger partial charge on any atom is -0.398 e. The smallest absolute Gasteiger partial charge is 0.186 e. The molecule has 0 aromatic heterocycles. The number of carbonyl (C=O) groups excluding carboxylic acids is 1. The number of aryl methyl sites for hydroxylation is 1. The fraction of sp³-hybridized carbons (Fsp3) is 0.250. The Bertz CT molecular complexity index is 429. The van der Waals surface area contributed by atoms with Crippen LogP contribution in [0.3, 0.4) is 0 Å². The monoisotopic (exact) mass is 239 g/mol. The van der Waals surface area contributed by atoms with Crippen LogP contribution in [-0.2, 0) is 4.79 Å². The highest BCUT2D eigenvalue weighted by Gasteiger charge is 2.02. The Labute approximate surface area is 98.7 Å². The first-order chi connectivity index (χ1) is 7.50. The van der Waals surface area contributed by atoms with Gasteiger partial charge in [-0.05, 0) is 24.6 Å². The summed E-state index contributed by atoms with van der Waals surface area (Å²) in [6.45, 7) is 3.28. The van der Waals surface area contributed by atoms with Gasteiger partial charge < -0.3 is 5.73 Å². The van der Waals surface area contributed by atoms with Gasteiger partial charge in [0.2, 0.25) is 0 Å². The van der Waals surface area contributed by atoms with Gasteiger partial charge in [-0.25, -0.2) is 4.39 Å². The molecule has 4 heteroatoms. The van der Waals surface area contributed by atoms with E-state index in [1.165, 1.54) is 30.8 Å². The zero-order valence-electron chi connectivity index (χ0n) is 9.29. The van der Waals surface area contributed by atoms with Crippen molar-refractivity contribution in [3.8, 4) is 0 Å². The number of benzene rings is 1. The molecule has 1 aromatic rings. The van der Waals surface area contributed by atoms with E-state index >= 15 is 0 Å². The molecule has 1 aromatic carbocycles. The Kier molecular flexibility index (Phi) is 4.55. The highest BCUT2D eigenvalue weighted by molar-refractivity contribution is 8.13. The van der Waals surface area contributed by atoms with Gasteiger partial charge in [-0.15, -0.1) is 0 Å². The van der Waals surface area contributed by atoms with Crippen molar-refractivity contribution in [2.24, 2.45) is 0 Å². The third kappa shape index (κ3) is 3.70. The Morgan fingerprint density at radius 2 is 2.25 bits per heavy atom. The zero-order valence-corrected chi connectivity index (χ0v) is 10.1. The molecule has 0 radical (unpaired) electrons. The van der Waals surface area contributed by atoms with Crippen LogP contribution in [0.1, 0.15) is 18.1 Å². The van der Waals surface area contributed by atoms with Gasteiger partial charge in [0.15, 0.2) is 5.12 Å². The Morgan fingerprint density at radius 1 is 1.56 bits per heavy atom. The average molecular weight is 239 g/mol. The van der Waals surface area contributed by atoms with Crippen molar-refractivity contribution in [3.63, 3.8) is 0 Å². The van der Waals surface area contributed by atoms with Crippen LogP contribution in [0.5, 0.6) is 0 Å². The lowest BCUT2D eigenvalue weighted by Gasteiger charge is -2.04. The lowest BCUT2D eigenvalue weighted by atomic mass is 10.1. The topological polar surface area (TPSA) is 43.1 Å². The van der Waals surface area contributed by atoms with E-state index in [0.29, 0.717) is 17.0 Å². The Morgan fingerprint density at radius 3 is 2.88 bits per heavy atom. The fourth-order valence-corrected chi connectivity index (χ4v) is 1.69. The summed E-state index contributed by atoms with van der Waals surface area (Å²) in [5.74, 6) is 0.273. The number of halogens is 1. The molecule has 0 saturated heterocycles. The molecular weight excluding hydrogens is 225 g/mol. The van der Waals surface area contributed by atoms with Crippen LogP contribution in [0.4, 0.5) is 10.1 Å². The molecular formula is C12H14FNOS. The van der Waals surface area contributed by atoms with Crippen molar-refractivity contribution in [3.05, 3.63) is 35.2 Å². The van der Waals surface area contributed by atoms with E-state index in [1.807, 2.05) is 0 Å². The van der Waals surface area contributed by atoms with E-state index in [2.05, 4.69) is 0 Å². The lowest BCUT2D eigenvalue weighted by molar-refractivity contribution is -0.109. The molecule has 0 amide bonds. The van der Waals surface area contributed by atoms with Crippen LogP contribution in [-0.4, -0.2) is 10.9 Å². The maximum Gasteiger partial charge on any atom is 0.186 e. The zero-order chi connectivity index (χ0) is 12.1. The van der Waals surface area contributed by atoms with Crippen LogP contribution < -0.4 is 5.73 Å². The number of rotatable bonds is 3. The van der Waals surface area contributed by atoms with Gasteiger partial charge in [-0.3, -0.25) is 4.79 Å². The number of carbonyl (C=O) groups is 1. The largest absolute Gasteiger partial charge is 0.398 e. The first kappa shape index (κ1) is 12.8. The van der Waals surface area contributed by atoms with Gasteiger partial charge in [0.1, 0.15) is 5.82 Å². The SMILES string of the molecule is CC(=O)SCC=Cc1cc(F)cc(C)c1N. The van der Waals surface area contributed by atoms with Gasteiger partial charge in [-0.2, -0.15) is 0 Å². The van der Waals surface area contributed by atoms with Crippen LogP contribution in [0, 0.1) is 12.7 Å². The first-order valence-corrected chi connectivity index (χ1v) is 5.85. The summed E-state index contributed by atoms with van der Waals surface area (Å²) in [5.41, 5.74) is 7.75. The second kappa shape index (κ2) is 5.70. The average Bonchev–Trinajstić information content (AvgIpc) is 2.19. The molecule has 0 heterocycles. The van der Waals surface area contributed by atoms with Gasteiger partial charge >= 0.3 is 0 Å². The lowest BCUT2D eigenvalue weighted by Crippen LogP contribution is -1.94. The predicted octanol–water partition coefficient (Wildman–Crippen LogP) is 3.01. The third-order valence-corrected chi connectivity index (χ3v) is 2.83. The van der Waals surface area contributed by atoms with Crippen molar-refractivity contribution in [2.75, 3.05) is 11.5 Å². The Hall–Kier alpha value is -1.29. The molecule has 0 fully saturated rings. The van der Waals surface area contributed by atoms with Gasteiger partial charge in [-0.1, -0.05) is 23.9 Å². The molecule has 0 aliphatic carbocycles. The maximum atomic E-state index is 13.1. The van der Waals surface area contributed by atoms with E-state index in [4.69, 9.17) is 5.73 Å². The number of anilines is 1. The van der Waals surface area contributed by atoms with Crippen molar-refractivity contribution in [1.29, 1.82) is 0 Å². The second-order valence-corrected chi connectivity index (χ2v) is 4.63. The van der Waals surface area contributed by atoms with Crippen LogP contribution in [0.2, 0.25) is 0 Å². The Balaban J connectivity index is 2.77. The summed E-state index contributed by atoms with van der Waals surface area (Å²) in [5, 5.41) is 0.0630. The highest BCUT2D eigenvalue weighted by atomic mass is 32.2. The summed E-state index contributed by atoms with van der Waals surface area (Å²) in [4.78, 5) is 10.7. The first-order valence-electron chi connectivity index (χ1n) is 4.86. The fourth-order valence-electron chi connectivity index (χ4n) is 1.26. The van der Waals surface area contributed by atoms with Gasteiger partial charge in [0.05, 0.1) is 0 Å². The summed E-state index contributed by atoms with van der Waals surface area (Å²) < 4.78 is 13.1. The minimum absolute atomic E-state index is 0.0630. The van der Waals surface area contributed by atoms with E-state index in [-0.39, 0.29) is 10.9 Å². The molecule has 16 heavy (non-hydrogen) atoms. The van der Waals surface area contributed by atoms with Crippen molar-refractivity contribution >= 4 is 28.6 Å². The van der Waals surface area contributed by atoms with E-state index < -0.39 is 0 Å². The molecule has 2 N–H and O–H groups in total. The highest BCUT2D eigenvalue weighted by Crippen LogP contribution is 2.20. The molecule has 0 aliphatic heterocycles. The van der Waals surface area contributed by atoms with Crippen molar-refractivity contribution in [2.45, 2.75) is 13.8 Å². The molecule has 0 bridgehead atoms. The molecule has 0 spiro atoms. The van der Waals surface area contributed by atoms with Crippen LogP contribution >= 0.6 is 11.8 Å². The number of nitrogen functional groups attached to an aromatic ring is 1. The second-order valence-electron chi connectivity index (χ2n) is 3.43.